The molecular formula is C15H22N2O3. The van der Waals surface area contributed by atoms with Crippen molar-refractivity contribution in [2.24, 2.45) is 0 Å². The molecule has 1 atom stereocenters. The summed E-state index contributed by atoms with van der Waals surface area (Å²) in [6, 6.07) is 5.45. The van der Waals surface area contributed by atoms with Gasteiger partial charge in [-0.2, -0.15) is 0 Å². The zero-order valence-corrected chi connectivity index (χ0v) is 12.3. The molecule has 0 aromatic heterocycles. The van der Waals surface area contributed by atoms with Gasteiger partial charge in [0.15, 0.2) is 0 Å². The predicted octanol–water partition coefficient (Wildman–Crippen LogP) is 2.57. The Bertz CT molecular complexity index is 470. The fraction of sp³-hybridized carbons (Fsp3) is 0.533. The number of hydrogen-bond donors (Lipinski definition) is 1. The molecule has 1 fully saturated rings. The van der Waals surface area contributed by atoms with E-state index < -0.39 is 0 Å². The third-order valence-corrected chi connectivity index (χ3v) is 3.64. The van der Waals surface area contributed by atoms with Crippen LogP contribution in [0.2, 0.25) is 0 Å². The maximum absolute atomic E-state index is 12.1. The lowest BCUT2D eigenvalue weighted by molar-refractivity contribution is 0.205. The molecular weight excluding hydrogens is 256 g/mol. The number of amides is 2. The van der Waals surface area contributed by atoms with Gasteiger partial charge in [-0.25, -0.2) is 4.79 Å². The van der Waals surface area contributed by atoms with E-state index in [4.69, 9.17) is 9.47 Å². The molecule has 1 heterocycles. The van der Waals surface area contributed by atoms with E-state index in [0.29, 0.717) is 0 Å². The Balaban J connectivity index is 2.10. The largest absolute Gasteiger partial charge is 0.497 e. The van der Waals surface area contributed by atoms with Crippen LogP contribution in [0.25, 0.3) is 0 Å². The molecule has 0 aliphatic carbocycles. The summed E-state index contributed by atoms with van der Waals surface area (Å²) in [6.07, 6.45) is 2.18. The Kier molecular flexibility index (Phi) is 4.71. The predicted molar refractivity (Wildman–Crippen MR) is 77.3 cm³/mol. The molecule has 2 rings (SSSR count). The lowest BCUT2D eigenvalue weighted by atomic mass is 10.1. The number of rotatable bonds is 4. The van der Waals surface area contributed by atoms with Crippen LogP contribution in [0.15, 0.2) is 18.2 Å². The van der Waals surface area contributed by atoms with Gasteiger partial charge >= 0.3 is 6.03 Å². The highest BCUT2D eigenvalue weighted by Crippen LogP contribution is 2.29. The lowest BCUT2D eigenvalue weighted by Gasteiger charge is -2.22. The van der Waals surface area contributed by atoms with Crippen LogP contribution in [0, 0.1) is 0 Å². The number of nitrogens with one attached hydrogen (secondary N) is 1. The minimum Gasteiger partial charge on any atom is -0.497 e. The Morgan fingerprint density at radius 1 is 1.25 bits per heavy atom. The molecule has 1 saturated heterocycles. The smallest absolute Gasteiger partial charge is 0.317 e. The Hall–Kier alpha value is -1.91. The summed E-state index contributed by atoms with van der Waals surface area (Å²) in [5, 5.41) is 3.02. The first-order chi connectivity index (χ1) is 9.65. The monoisotopic (exact) mass is 278 g/mol. The van der Waals surface area contributed by atoms with Crippen LogP contribution in [-0.2, 0) is 0 Å². The first-order valence-corrected chi connectivity index (χ1v) is 6.93. The van der Waals surface area contributed by atoms with Gasteiger partial charge in [-0.1, -0.05) is 0 Å². The van der Waals surface area contributed by atoms with Crippen LogP contribution in [0.1, 0.15) is 31.4 Å². The van der Waals surface area contributed by atoms with E-state index >= 15 is 0 Å². The molecule has 1 aromatic carbocycles. The van der Waals surface area contributed by atoms with Gasteiger partial charge in [0.25, 0.3) is 0 Å². The number of carbonyl (C=O) groups excluding carboxylic acids is 1. The molecule has 1 aromatic rings. The molecule has 0 spiro atoms. The van der Waals surface area contributed by atoms with Crippen molar-refractivity contribution in [1.82, 2.24) is 10.2 Å². The normalized spacial score (nSPS) is 15.8. The van der Waals surface area contributed by atoms with Crippen molar-refractivity contribution in [3.8, 4) is 11.5 Å². The van der Waals surface area contributed by atoms with Gasteiger partial charge < -0.3 is 19.7 Å². The van der Waals surface area contributed by atoms with Crippen molar-refractivity contribution >= 4 is 6.03 Å². The summed E-state index contributed by atoms with van der Waals surface area (Å²) in [6.45, 7) is 3.63. The van der Waals surface area contributed by atoms with E-state index in [9.17, 15) is 4.79 Å². The molecule has 20 heavy (non-hydrogen) atoms. The van der Waals surface area contributed by atoms with Gasteiger partial charge in [-0.15, -0.1) is 0 Å². The van der Waals surface area contributed by atoms with Crippen molar-refractivity contribution < 1.29 is 14.3 Å². The second-order valence-electron chi connectivity index (χ2n) is 4.97. The van der Waals surface area contributed by atoms with E-state index in [1.165, 1.54) is 0 Å². The highest BCUT2D eigenvalue weighted by Gasteiger charge is 2.21. The second-order valence-corrected chi connectivity index (χ2v) is 4.97. The molecule has 1 N–H and O–H groups in total. The van der Waals surface area contributed by atoms with Crippen LogP contribution in [0.4, 0.5) is 4.79 Å². The van der Waals surface area contributed by atoms with Crippen molar-refractivity contribution in [2.75, 3.05) is 27.3 Å². The Morgan fingerprint density at radius 2 is 1.95 bits per heavy atom. The topological polar surface area (TPSA) is 50.8 Å². The summed E-state index contributed by atoms with van der Waals surface area (Å²) >= 11 is 0. The van der Waals surface area contributed by atoms with Crippen LogP contribution < -0.4 is 14.8 Å². The number of methoxy groups -OCH3 is 2. The van der Waals surface area contributed by atoms with Gasteiger partial charge in [0, 0.05) is 18.7 Å². The van der Waals surface area contributed by atoms with E-state index in [2.05, 4.69) is 5.32 Å². The number of nitrogens with zero attached hydrogens (tertiary/aromatic N) is 1. The lowest BCUT2D eigenvalue weighted by Crippen LogP contribution is -2.39. The zero-order valence-electron chi connectivity index (χ0n) is 12.3. The van der Waals surface area contributed by atoms with Crippen LogP contribution in [0.5, 0.6) is 11.5 Å². The standard InChI is InChI=1S/C15H22N2O3/c1-11(16-15(18)17-8-4-5-9-17)13-10-12(19-2)6-7-14(13)20-3/h6-7,10-11H,4-5,8-9H2,1-3H3,(H,16,18). The van der Waals surface area contributed by atoms with Crippen LogP contribution in [0.3, 0.4) is 0 Å². The highest BCUT2D eigenvalue weighted by atomic mass is 16.5. The summed E-state index contributed by atoms with van der Waals surface area (Å²) in [5.41, 5.74) is 0.916. The van der Waals surface area contributed by atoms with Gasteiger partial charge in [0.2, 0.25) is 0 Å². The summed E-state index contributed by atoms with van der Waals surface area (Å²) in [4.78, 5) is 14.0. The maximum atomic E-state index is 12.1. The Morgan fingerprint density at radius 3 is 2.55 bits per heavy atom. The van der Waals surface area contributed by atoms with Crippen molar-refractivity contribution in [3.63, 3.8) is 0 Å². The number of hydrogen-bond acceptors (Lipinski definition) is 3. The molecule has 0 bridgehead atoms. The van der Waals surface area contributed by atoms with E-state index in [-0.39, 0.29) is 12.1 Å². The second kappa shape index (κ2) is 6.50. The van der Waals surface area contributed by atoms with Gasteiger partial charge in [-0.3, -0.25) is 0 Å². The quantitative estimate of drug-likeness (QED) is 0.921. The highest BCUT2D eigenvalue weighted by molar-refractivity contribution is 5.75. The van der Waals surface area contributed by atoms with Gasteiger partial charge in [-0.05, 0) is 38.0 Å². The Labute approximate surface area is 119 Å². The molecule has 2 amide bonds. The van der Waals surface area contributed by atoms with E-state index in [1.807, 2.05) is 30.0 Å². The summed E-state index contributed by atoms with van der Waals surface area (Å²) in [5.74, 6) is 1.50. The first kappa shape index (κ1) is 14.5. The number of carbonyl (C=O) groups is 1. The average molecular weight is 278 g/mol. The van der Waals surface area contributed by atoms with Crippen molar-refractivity contribution in [3.05, 3.63) is 23.8 Å². The molecule has 5 heteroatoms. The van der Waals surface area contributed by atoms with Gasteiger partial charge in [0.05, 0.1) is 20.3 Å². The molecule has 1 aliphatic heterocycles. The van der Waals surface area contributed by atoms with Crippen LogP contribution >= 0.6 is 0 Å². The first-order valence-electron chi connectivity index (χ1n) is 6.93. The SMILES string of the molecule is COc1ccc(OC)c(C(C)NC(=O)N2CCCC2)c1. The third-order valence-electron chi connectivity index (χ3n) is 3.64. The minimum atomic E-state index is -0.131. The molecule has 0 radical (unpaired) electrons. The van der Waals surface area contributed by atoms with Crippen molar-refractivity contribution in [2.45, 2.75) is 25.8 Å². The number of ether oxygens (including phenoxy) is 2. The maximum Gasteiger partial charge on any atom is 0.317 e. The molecule has 110 valence electrons. The molecule has 1 unspecified atom stereocenters. The molecule has 1 aliphatic rings. The fourth-order valence-corrected chi connectivity index (χ4v) is 2.45. The van der Waals surface area contributed by atoms with Crippen molar-refractivity contribution in [1.29, 1.82) is 0 Å². The number of benzene rings is 1. The average Bonchev–Trinajstić information content (AvgIpc) is 3.00. The van der Waals surface area contributed by atoms with E-state index in [1.54, 1.807) is 14.2 Å². The summed E-state index contributed by atoms with van der Waals surface area (Å²) in [7, 11) is 3.25. The minimum absolute atomic E-state index is 0.0140. The fourth-order valence-electron chi connectivity index (χ4n) is 2.45. The molecule has 0 saturated carbocycles. The van der Waals surface area contributed by atoms with E-state index in [0.717, 1.165) is 43.0 Å². The zero-order chi connectivity index (χ0) is 14.5. The third kappa shape index (κ3) is 3.15. The number of urea groups is 1. The van der Waals surface area contributed by atoms with Gasteiger partial charge in [0.1, 0.15) is 11.5 Å². The number of likely N-dealkylation sites (tertiary alicyclic amines) is 1. The molecule has 5 nitrogen and oxygen atoms in total. The van der Waals surface area contributed by atoms with Crippen LogP contribution in [-0.4, -0.2) is 38.2 Å². The summed E-state index contributed by atoms with van der Waals surface area (Å²) < 4.78 is 10.6.